The van der Waals surface area contributed by atoms with Crippen LogP contribution in [0.2, 0.25) is 10.0 Å². The number of hydrogen-bond donors (Lipinski definition) is 2. The van der Waals surface area contributed by atoms with Crippen LogP contribution in [0.4, 0.5) is 5.82 Å². The summed E-state index contributed by atoms with van der Waals surface area (Å²) in [7, 11) is 0. The Hall–Kier alpha value is -3.01. The first kappa shape index (κ1) is 19.9. The molecule has 0 saturated carbocycles. The van der Waals surface area contributed by atoms with Gasteiger partial charge in [-0.15, -0.1) is 5.10 Å². The van der Waals surface area contributed by atoms with E-state index in [4.69, 9.17) is 28.9 Å². The number of nitrogens with two attached hydrogens (primary N) is 1. The van der Waals surface area contributed by atoms with Crippen molar-refractivity contribution < 1.29 is 0 Å². The first-order chi connectivity index (χ1) is 15.1. The smallest absolute Gasteiger partial charge is 0.190 e. The van der Waals surface area contributed by atoms with Gasteiger partial charge in [-0.05, 0) is 48.0 Å². The molecule has 3 aromatic heterocycles. The van der Waals surface area contributed by atoms with E-state index in [2.05, 4.69) is 30.9 Å². The molecule has 9 nitrogen and oxygen atoms in total. The van der Waals surface area contributed by atoms with Crippen molar-refractivity contribution in [3.63, 3.8) is 0 Å². The zero-order chi connectivity index (χ0) is 21.4. The summed E-state index contributed by atoms with van der Waals surface area (Å²) in [6.45, 7) is 1.97. The van der Waals surface area contributed by atoms with E-state index < -0.39 is 0 Å². The van der Waals surface area contributed by atoms with E-state index in [1.54, 1.807) is 24.4 Å². The van der Waals surface area contributed by atoms with E-state index >= 15 is 0 Å². The average Bonchev–Trinajstić information content (AvgIpc) is 3.47. The number of rotatable bonds is 4. The molecule has 158 valence electrons. The minimum absolute atomic E-state index is 0.307. The van der Waals surface area contributed by atoms with Gasteiger partial charge < -0.3 is 11.1 Å². The lowest BCUT2D eigenvalue weighted by Crippen LogP contribution is -2.31. The Morgan fingerprint density at radius 2 is 2.06 bits per heavy atom. The molecule has 0 spiro atoms. The first-order valence-electron chi connectivity index (χ1n) is 9.85. The third-order valence-corrected chi connectivity index (χ3v) is 6.18. The standard InChI is InChI=1S/C20H19Cl2N9/c21-16-4-1-5-17(18(16)22)31-20(27-28-29-31)15-7-12(8-25-19(15)23)13-9-26-30(11-13)14-3-2-6-24-10-14/h1,4-5,7-9,11,14,24H,2-3,6,10H2,(H2,23,25). The van der Waals surface area contributed by atoms with Crippen molar-refractivity contribution in [2.45, 2.75) is 18.9 Å². The molecule has 0 bridgehead atoms. The number of piperidine rings is 1. The molecular formula is C20H19Cl2N9. The van der Waals surface area contributed by atoms with Crippen molar-refractivity contribution in [3.05, 3.63) is 52.9 Å². The summed E-state index contributed by atoms with van der Waals surface area (Å²) in [6, 6.07) is 7.52. The summed E-state index contributed by atoms with van der Waals surface area (Å²) in [5.41, 5.74) is 9.14. The van der Waals surface area contributed by atoms with Crippen LogP contribution < -0.4 is 11.1 Å². The molecule has 1 fully saturated rings. The predicted octanol–water partition coefficient (Wildman–Crippen LogP) is 3.40. The Bertz CT molecular complexity index is 1230. The molecule has 31 heavy (non-hydrogen) atoms. The van der Waals surface area contributed by atoms with Crippen LogP contribution in [-0.2, 0) is 0 Å². The van der Waals surface area contributed by atoms with Gasteiger partial charge >= 0.3 is 0 Å². The third kappa shape index (κ3) is 3.76. The van der Waals surface area contributed by atoms with Crippen molar-refractivity contribution in [1.29, 1.82) is 0 Å². The van der Waals surface area contributed by atoms with Gasteiger partial charge in [-0.1, -0.05) is 29.3 Å². The van der Waals surface area contributed by atoms with Crippen molar-refractivity contribution in [1.82, 2.24) is 40.3 Å². The van der Waals surface area contributed by atoms with Crippen LogP contribution in [0.3, 0.4) is 0 Å². The molecule has 1 saturated heterocycles. The molecular weight excluding hydrogens is 437 g/mol. The van der Waals surface area contributed by atoms with Gasteiger partial charge in [0.05, 0.1) is 33.5 Å². The highest BCUT2D eigenvalue weighted by atomic mass is 35.5. The number of nitrogens with one attached hydrogen (secondary N) is 1. The summed E-state index contributed by atoms with van der Waals surface area (Å²) in [5.74, 6) is 0.724. The van der Waals surface area contributed by atoms with E-state index in [9.17, 15) is 0 Å². The lowest BCUT2D eigenvalue weighted by atomic mass is 10.1. The highest BCUT2D eigenvalue weighted by Crippen LogP contribution is 2.33. The second-order valence-corrected chi connectivity index (χ2v) is 8.14. The lowest BCUT2D eigenvalue weighted by Gasteiger charge is -2.22. The number of halogens is 2. The summed E-state index contributed by atoms with van der Waals surface area (Å²) in [4.78, 5) is 4.37. The van der Waals surface area contributed by atoms with E-state index in [0.29, 0.717) is 39.0 Å². The molecule has 4 heterocycles. The Morgan fingerprint density at radius 3 is 2.90 bits per heavy atom. The number of benzene rings is 1. The normalized spacial score (nSPS) is 16.5. The van der Waals surface area contributed by atoms with Crippen LogP contribution in [0.25, 0.3) is 28.2 Å². The number of pyridine rings is 1. The minimum Gasteiger partial charge on any atom is -0.383 e. The summed E-state index contributed by atoms with van der Waals surface area (Å²) < 4.78 is 3.51. The van der Waals surface area contributed by atoms with Crippen molar-refractivity contribution in [2.24, 2.45) is 0 Å². The molecule has 1 aliphatic rings. The molecule has 1 aromatic carbocycles. The van der Waals surface area contributed by atoms with E-state index in [1.165, 1.54) is 4.68 Å². The van der Waals surface area contributed by atoms with Crippen LogP contribution in [-0.4, -0.2) is 48.1 Å². The molecule has 0 amide bonds. The number of aromatic nitrogens is 7. The van der Waals surface area contributed by atoms with Crippen LogP contribution in [0.1, 0.15) is 18.9 Å². The monoisotopic (exact) mass is 455 g/mol. The van der Waals surface area contributed by atoms with Crippen molar-refractivity contribution in [2.75, 3.05) is 18.8 Å². The number of nitrogen functional groups attached to an aromatic ring is 1. The summed E-state index contributed by atoms with van der Waals surface area (Å²) in [5, 5.41) is 20.8. The fourth-order valence-corrected chi connectivity index (χ4v) is 4.11. The Morgan fingerprint density at radius 1 is 1.16 bits per heavy atom. The Kier molecular flexibility index (Phi) is 5.31. The average molecular weight is 456 g/mol. The van der Waals surface area contributed by atoms with Crippen LogP contribution in [0.5, 0.6) is 0 Å². The molecule has 1 unspecified atom stereocenters. The van der Waals surface area contributed by atoms with Crippen molar-refractivity contribution in [3.8, 4) is 28.2 Å². The minimum atomic E-state index is 0.307. The third-order valence-electron chi connectivity index (χ3n) is 5.37. The Balaban J connectivity index is 1.53. The van der Waals surface area contributed by atoms with Crippen LogP contribution >= 0.6 is 23.2 Å². The fourth-order valence-electron chi connectivity index (χ4n) is 3.73. The lowest BCUT2D eigenvalue weighted by molar-refractivity contribution is 0.347. The second kappa shape index (κ2) is 8.26. The topological polar surface area (TPSA) is 112 Å². The maximum atomic E-state index is 6.38. The zero-order valence-electron chi connectivity index (χ0n) is 16.4. The van der Waals surface area contributed by atoms with E-state index in [0.717, 1.165) is 37.1 Å². The molecule has 0 aliphatic carbocycles. The van der Waals surface area contributed by atoms with Crippen molar-refractivity contribution >= 4 is 29.0 Å². The van der Waals surface area contributed by atoms with E-state index in [-0.39, 0.29) is 0 Å². The first-order valence-corrected chi connectivity index (χ1v) is 10.6. The quantitative estimate of drug-likeness (QED) is 0.484. The van der Waals surface area contributed by atoms with Gasteiger partial charge in [0, 0.05) is 30.1 Å². The van der Waals surface area contributed by atoms with Gasteiger partial charge in [0.25, 0.3) is 0 Å². The van der Waals surface area contributed by atoms with Crippen LogP contribution in [0.15, 0.2) is 42.9 Å². The second-order valence-electron chi connectivity index (χ2n) is 7.35. The number of hydrogen-bond acceptors (Lipinski definition) is 7. The maximum Gasteiger partial charge on any atom is 0.190 e. The van der Waals surface area contributed by atoms with Gasteiger partial charge in [0.1, 0.15) is 5.82 Å². The molecule has 5 rings (SSSR count). The molecule has 11 heteroatoms. The molecule has 4 aromatic rings. The highest BCUT2D eigenvalue weighted by Gasteiger charge is 2.20. The van der Waals surface area contributed by atoms with Gasteiger partial charge in [-0.2, -0.15) is 9.78 Å². The zero-order valence-corrected chi connectivity index (χ0v) is 17.9. The molecule has 3 N–H and O–H groups in total. The summed E-state index contributed by atoms with van der Waals surface area (Å²) in [6.07, 6.45) is 7.84. The van der Waals surface area contributed by atoms with Gasteiger partial charge in [0.15, 0.2) is 5.82 Å². The highest BCUT2D eigenvalue weighted by molar-refractivity contribution is 6.43. The molecule has 1 atom stereocenters. The number of anilines is 1. The van der Waals surface area contributed by atoms with Crippen LogP contribution in [0, 0.1) is 0 Å². The summed E-state index contributed by atoms with van der Waals surface area (Å²) >= 11 is 12.5. The SMILES string of the molecule is Nc1ncc(-c2cnn(C3CCCNC3)c2)cc1-c1nnnn1-c1cccc(Cl)c1Cl. The van der Waals surface area contributed by atoms with Gasteiger partial charge in [0.2, 0.25) is 0 Å². The predicted molar refractivity (Wildman–Crippen MR) is 119 cm³/mol. The molecule has 1 aliphatic heterocycles. The van der Waals surface area contributed by atoms with Gasteiger partial charge in [-0.3, -0.25) is 4.68 Å². The molecule has 0 radical (unpaired) electrons. The van der Waals surface area contributed by atoms with E-state index in [1.807, 2.05) is 23.1 Å². The Labute approximate surface area is 188 Å². The maximum absolute atomic E-state index is 6.38. The fraction of sp³-hybridized carbons (Fsp3) is 0.250. The number of nitrogens with zero attached hydrogens (tertiary/aromatic N) is 7. The number of tetrazole rings is 1. The van der Waals surface area contributed by atoms with Gasteiger partial charge in [-0.25, -0.2) is 4.98 Å². The largest absolute Gasteiger partial charge is 0.383 e.